The predicted molar refractivity (Wildman–Crippen MR) is 149 cm³/mol. The summed E-state index contributed by atoms with van der Waals surface area (Å²) in [6.07, 6.45) is 6.25. The standard InChI is InChI=1S/C17H14O4.C15H20O3/c1-19-13-10-6-9-12-14(18)17(20-2)15(21-16(12)13)11-7-4-3-5-8-11;1-9-5-4-8-15(3)13(18-15)12-11(7-6-9)10(2)14(16)17-12/h3-10H,1-2H3;5,11-13H,2,4,6-8H2,1,3H3. The van der Waals surface area contributed by atoms with Crippen LogP contribution in [0.5, 0.6) is 11.5 Å². The van der Waals surface area contributed by atoms with E-state index in [-0.39, 0.29) is 40.9 Å². The highest BCUT2D eigenvalue weighted by molar-refractivity contribution is 5.91. The minimum absolute atomic E-state index is 0.0671. The van der Waals surface area contributed by atoms with Crippen molar-refractivity contribution in [2.75, 3.05) is 14.2 Å². The van der Waals surface area contributed by atoms with Gasteiger partial charge >= 0.3 is 5.97 Å². The number of methoxy groups -OCH3 is 2. The van der Waals surface area contributed by atoms with Crippen LogP contribution in [0.1, 0.15) is 39.5 Å². The predicted octanol–water partition coefficient (Wildman–Crippen LogP) is 6.24. The van der Waals surface area contributed by atoms with Gasteiger partial charge in [0, 0.05) is 17.1 Å². The SMILES string of the molecule is C=C1C(=O)OC2C1CCC(C)=CCCC1(C)OC21.COc1c(-c2ccccc2)oc2c(OC)cccc2c1=O. The zero-order valence-corrected chi connectivity index (χ0v) is 22.8. The minimum atomic E-state index is -0.233. The summed E-state index contributed by atoms with van der Waals surface area (Å²) in [6.45, 7) is 8.17. The highest BCUT2D eigenvalue weighted by atomic mass is 16.6. The molecule has 39 heavy (non-hydrogen) atoms. The summed E-state index contributed by atoms with van der Waals surface area (Å²) >= 11 is 0. The molecule has 6 rings (SSSR count). The number of hydrogen-bond acceptors (Lipinski definition) is 7. The lowest BCUT2D eigenvalue weighted by molar-refractivity contribution is -0.140. The summed E-state index contributed by atoms with van der Waals surface area (Å²) in [5.74, 6) is 1.01. The van der Waals surface area contributed by atoms with Crippen molar-refractivity contribution in [1.82, 2.24) is 0 Å². The van der Waals surface area contributed by atoms with Crippen molar-refractivity contribution < 1.29 is 28.2 Å². The molecule has 1 aliphatic carbocycles. The van der Waals surface area contributed by atoms with Crippen molar-refractivity contribution in [3.05, 3.63) is 82.6 Å². The minimum Gasteiger partial charge on any atom is -0.493 e. The number of benzene rings is 2. The van der Waals surface area contributed by atoms with E-state index in [9.17, 15) is 9.59 Å². The molecule has 3 aromatic rings. The molecular weight excluding hydrogens is 496 g/mol. The van der Waals surface area contributed by atoms with Crippen LogP contribution in [-0.4, -0.2) is 38.0 Å². The van der Waals surface area contributed by atoms with E-state index in [2.05, 4.69) is 26.5 Å². The number of hydrogen-bond donors (Lipinski definition) is 0. The molecule has 0 radical (unpaired) electrons. The average Bonchev–Trinajstić information content (AvgIpc) is 3.54. The van der Waals surface area contributed by atoms with Crippen LogP contribution in [0.15, 0.2) is 81.5 Å². The number of ether oxygens (including phenoxy) is 4. The second kappa shape index (κ2) is 10.7. The first-order chi connectivity index (χ1) is 18.8. The largest absolute Gasteiger partial charge is 0.493 e. The van der Waals surface area contributed by atoms with Crippen molar-refractivity contribution in [2.24, 2.45) is 5.92 Å². The lowest BCUT2D eigenvalue weighted by Gasteiger charge is -2.19. The third kappa shape index (κ3) is 5.11. The van der Waals surface area contributed by atoms with Gasteiger partial charge in [-0.3, -0.25) is 4.79 Å². The average molecular weight is 531 g/mol. The molecule has 0 saturated carbocycles. The summed E-state index contributed by atoms with van der Waals surface area (Å²) in [6, 6.07) is 14.6. The summed E-state index contributed by atoms with van der Waals surface area (Å²) in [7, 11) is 3.01. The van der Waals surface area contributed by atoms with Crippen LogP contribution in [0, 0.1) is 5.92 Å². The van der Waals surface area contributed by atoms with Crippen LogP contribution < -0.4 is 14.9 Å². The normalized spacial score (nSPS) is 25.8. The third-order valence-electron chi connectivity index (χ3n) is 7.87. The Kier molecular flexibility index (Phi) is 7.36. The van der Waals surface area contributed by atoms with Gasteiger partial charge in [0.2, 0.25) is 11.2 Å². The lowest BCUT2D eigenvalue weighted by atomic mass is 9.84. The Hall–Kier alpha value is -3.84. The molecule has 4 unspecified atom stereocenters. The summed E-state index contributed by atoms with van der Waals surface area (Å²) < 4.78 is 27.8. The maximum absolute atomic E-state index is 12.6. The molecule has 204 valence electrons. The Morgan fingerprint density at radius 2 is 1.79 bits per heavy atom. The molecule has 7 heteroatoms. The molecule has 0 bridgehead atoms. The van der Waals surface area contributed by atoms with E-state index in [1.807, 2.05) is 30.3 Å². The van der Waals surface area contributed by atoms with E-state index in [4.69, 9.17) is 23.4 Å². The number of carbonyl (C=O) groups is 1. The molecule has 0 N–H and O–H groups in total. The first-order valence-corrected chi connectivity index (χ1v) is 13.2. The number of fused-ring (bicyclic) bond motifs is 4. The first kappa shape index (κ1) is 26.8. The Morgan fingerprint density at radius 3 is 2.51 bits per heavy atom. The van der Waals surface area contributed by atoms with Gasteiger partial charge in [-0.1, -0.05) is 54.6 Å². The Morgan fingerprint density at radius 1 is 1.03 bits per heavy atom. The third-order valence-corrected chi connectivity index (χ3v) is 7.87. The van der Waals surface area contributed by atoms with Gasteiger partial charge in [-0.2, -0.15) is 0 Å². The molecule has 1 aromatic heterocycles. The van der Waals surface area contributed by atoms with Gasteiger partial charge < -0.3 is 23.4 Å². The van der Waals surface area contributed by atoms with E-state index >= 15 is 0 Å². The van der Waals surface area contributed by atoms with E-state index in [1.54, 1.807) is 25.3 Å². The van der Waals surface area contributed by atoms with Crippen LogP contribution in [0.25, 0.3) is 22.3 Å². The Balaban J connectivity index is 0.000000160. The molecule has 2 aliphatic heterocycles. The Bertz CT molecular complexity index is 1490. The fourth-order valence-corrected chi connectivity index (χ4v) is 5.50. The van der Waals surface area contributed by atoms with Crippen LogP contribution in [0.4, 0.5) is 0 Å². The Labute approximate surface area is 228 Å². The fourth-order valence-electron chi connectivity index (χ4n) is 5.50. The second-order valence-corrected chi connectivity index (χ2v) is 10.5. The molecule has 7 nitrogen and oxygen atoms in total. The van der Waals surface area contributed by atoms with Crippen LogP contribution in [0.2, 0.25) is 0 Å². The van der Waals surface area contributed by atoms with Crippen molar-refractivity contribution in [1.29, 1.82) is 0 Å². The molecule has 2 saturated heterocycles. The summed E-state index contributed by atoms with van der Waals surface area (Å²) in [5, 5.41) is 0.436. The number of para-hydroxylation sites is 1. The van der Waals surface area contributed by atoms with E-state index in [0.29, 0.717) is 28.1 Å². The fraction of sp³-hybridized carbons (Fsp3) is 0.375. The number of epoxide rings is 1. The molecule has 2 fully saturated rings. The number of allylic oxidation sites excluding steroid dienone is 2. The zero-order valence-electron chi connectivity index (χ0n) is 22.8. The summed E-state index contributed by atoms with van der Waals surface area (Å²) in [4.78, 5) is 24.3. The molecule has 3 aliphatic rings. The summed E-state index contributed by atoms with van der Waals surface area (Å²) in [5.41, 5.74) is 2.90. The maximum Gasteiger partial charge on any atom is 0.334 e. The van der Waals surface area contributed by atoms with Gasteiger partial charge in [-0.25, -0.2) is 4.79 Å². The molecule has 2 aromatic carbocycles. The van der Waals surface area contributed by atoms with Crippen LogP contribution >= 0.6 is 0 Å². The van der Waals surface area contributed by atoms with E-state index < -0.39 is 0 Å². The molecular formula is C32H34O7. The van der Waals surface area contributed by atoms with E-state index in [0.717, 1.165) is 31.2 Å². The van der Waals surface area contributed by atoms with Gasteiger partial charge in [0.15, 0.2) is 17.1 Å². The van der Waals surface area contributed by atoms with Gasteiger partial charge in [0.1, 0.15) is 12.2 Å². The number of carbonyl (C=O) groups excluding carboxylic acids is 1. The lowest BCUT2D eigenvalue weighted by Crippen LogP contribution is -2.28. The van der Waals surface area contributed by atoms with Crippen LogP contribution in [-0.2, 0) is 14.3 Å². The van der Waals surface area contributed by atoms with Gasteiger partial charge in [-0.05, 0) is 51.7 Å². The van der Waals surface area contributed by atoms with Crippen molar-refractivity contribution in [3.63, 3.8) is 0 Å². The van der Waals surface area contributed by atoms with Gasteiger partial charge in [-0.15, -0.1) is 0 Å². The highest BCUT2D eigenvalue weighted by Crippen LogP contribution is 2.49. The number of esters is 1. The molecule has 3 heterocycles. The van der Waals surface area contributed by atoms with Crippen molar-refractivity contribution >= 4 is 16.9 Å². The quantitative estimate of drug-likeness (QED) is 0.171. The maximum atomic E-state index is 12.6. The number of rotatable bonds is 3. The van der Waals surface area contributed by atoms with E-state index in [1.165, 1.54) is 12.7 Å². The zero-order chi connectivity index (χ0) is 27.7. The molecule has 0 spiro atoms. The van der Waals surface area contributed by atoms with Gasteiger partial charge in [0.25, 0.3) is 0 Å². The second-order valence-electron chi connectivity index (χ2n) is 10.5. The smallest absolute Gasteiger partial charge is 0.334 e. The van der Waals surface area contributed by atoms with Crippen molar-refractivity contribution in [3.8, 4) is 22.8 Å². The van der Waals surface area contributed by atoms with Crippen molar-refractivity contribution in [2.45, 2.75) is 57.3 Å². The topological polar surface area (TPSA) is 87.5 Å². The van der Waals surface area contributed by atoms with Gasteiger partial charge in [0.05, 0.1) is 25.2 Å². The molecule has 4 atom stereocenters. The van der Waals surface area contributed by atoms with Crippen LogP contribution in [0.3, 0.4) is 0 Å². The first-order valence-electron chi connectivity index (χ1n) is 13.2. The highest BCUT2D eigenvalue weighted by Gasteiger charge is 2.61. The monoisotopic (exact) mass is 530 g/mol. The molecule has 0 amide bonds.